The van der Waals surface area contributed by atoms with Gasteiger partial charge in [0.2, 0.25) is 0 Å². The summed E-state index contributed by atoms with van der Waals surface area (Å²) in [6.07, 6.45) is -0.439. The second-order valence-electron chi connectivity index (χ2n) is 4.49. The lowest BCUT2D eigenvalue weighted by atomic mass is 9.95. The van der Waals surface area contributed by atoms with Crippen LogP contribution in [0.1, 0.15) is 18.9 Å². The number of hydrogen-bond acceptors (Lipinski definition) is 3. The van der Waals surface area contributed by atoms with Crippen LogP contribution in [-0.4, -0.2) is 39.6 Å². The van der Waals surface area contributed by atoms with E-state index in [1.165, 1.54) is 6.92 Å². The molecule has 0 aliphatic carbocycles. The van der Waals surface area contributed by atoms with E-state index in [-0.39, 0.29) is 0 Å². The Morgan fingerprint density at radius 3 is 2.22 bits per heavy atom. The second kappa shape index (κ2) is 5.64. The van der Waals surface area contributed by atoms with Gasteiger partial charge in [0.15, 0.2) is 0 Å². The van der Waals surface area contributed by atoms with Crippen LogP contribution in [0.25, 0.3) is 0 Å². The number of carbonyl (C=O) groups is 2. The molecule has 5 heteroatoms. The standard InChI is InChI=1S/C13H17NO4/c1-13(12(17)18,8-11(15)16)14(2)9-10-6-4-3-5-7-10/h3-7H,8-9H2,1-2H3,(H,15,16)(H,17,18). The predicted octanol–water partition coefficient (Wildman–Crippen LogP) is 1.44. The van der Waals surface area contributed by atoms with Gasteiger partial charge in [0.1, 0.15) is 5.54 Å². The van der Waals surface area contributed by atoms with E-state index in [2.05, 4.69) is 0 Å². The molecule has 1 aromatic carbocycles. The van der Waals surface area contributed by atoms with Gasteiger partial charge in [-0.3, -0.25) is 14.5 Å². The van der Waals surface area contributed by atoms with Crippen LogP contribution in [0, 0.1) is 0 Å². The van der Waals surface area contributed by atoms with Gasteiger partial charge >= 0.3 is 11.9 Å². The van der Waals surface area contributed by atoms with Crippen molar-refractivity contribution in [2.75, 3.05) is 7.05 Å². The minimum Gasteiger partial charge on any atom is -0.481 e. The Morgan fingerprint density at radius 1 is 1.22 bits per heavy atom. The van der Waals surface area contributed by atoms with Crippen molar-refractivity contribution in [3.63, 3.8) is 0 Å². The number of carboxylic acids is 2. The number of likely N-dealkylation sites (N-methyl/N-ethyl adjacent to an activating group) is 1. The number of carboxylic acid groups (broad SMARTS) is 2. The maximum absolute atomic E-state index is 11.3. The predicted molar refractivity (Wildman–Crippen MR) is 66.2 cm³/mol. The highest BCUT2D eigenvalue weighted by Gasteiger charge is 2.39. The molecule has 0 saturated carbocycles. The first kappa shape index (κ1) is 14.2. The van der Waals surface area contributed by atoms with Gasteiger partial charge in [-0.25, -0.2) is 0 Å². The smallest absolute Gasteiger partial charge is 0.324 e. The highest BCUT2D eigenvalue weighted by molar-refractivity contribution is 5.84. The molecule has 5 nitrogen and oxygen atoms in total. The van der Waals surface area contributed by atoms with E-state index in [0.717, 1.165) is 5.56 Å². The summed E-state index contributed by atoms with van der Waals surface area (Å²) in [5.74, 6) is -2.26. The van der Waals surface area contributed by atoms with Crippen LogP contribution in [0.5, 0.6) is 0 Å². The fourth-order valence-electron chi connectivity index (χ4n) is 1.70. The summed E-state index contributed by atoms with van der Waals surface area (Å²) in [4.78, 5) is 23.6. The lowest BCUT2D eigenvalue weighted by molar-refractivity contribution is -0.156. The number of benzene rings is 1. The third-order valence-electron chi connectivity index (χ3n) is 3.06. The molecule has 18 heavy (non-hydrogen) atoms. The summed E-state index contributed by atoms with van der Waals surface area (Å²) in [5, 5.41) is 18.0. The summed E-state index contributed by atoms with van der Waals surface area (Å²) < 4.78 is 0. The first-order valence-corrected chi connectivity index (χ1v) is 5.56. The maximum atomic E-state index is 11.3. The van der Waals surface area contributed by atoms with Crippen molar-refractivity contribution in [2.24, 2.45) is 0 Å². The van der Waals surface area contributed by atoms with Gasteiger partial charge in [-0.1, -0.05) is 30.3 Å². The number of hydrogen-bond donors (Lipinski definition) is 2. The molecule has 98 valence electrons. The molecular weight excluding hydrogens is 234 g/mol. The van der Waals surface area contributed by atoms with Crippen LogP contribution < -0.4 is 0 Å². The fourth-order valence-corrected chi connectivity index (χ4v) is 1.70. The Balaban J connectivity index is 2.87. The van der Waals surface area contributed by atoms with Crippen molar-refractivity contribution < 1.29 is 19.8 Å². The van der Waals surface area contributed by atoms with E-state index >= 15 is 0 Å². The van der Waals surface area contributed by atoms with Crippen LogP contribution in [0.15, 0.2) is 30.3 Å². The van der Waals surface area contributed by atoms with Gasteiger partial charge in [-0.05, 0) is 19.5 Å². The molecule has 1 unspecified atom stereocenters. The number of aliphatic carboxylic acids is 2. The van der Waals surface area contributed by atoms with Gasteiger partial charge in [0.05, 0.1) is 6.42 Å². The quantitative estimate of drug-likeness (QED) is 0.799. The molecule has 0 spiro atoms. The Bertz CT molecular complexity index is 432. The van der Waals surface area contributed by atoms with E-state index in [0.29, 0.717) is 6.54 Å². The molecule has 0 aromatic heterocycles. The highest BCUT2D eigenvalue weighted by atomic mass is 16.4. The topological polar surface area (TPSA) is 77.8 Å². The van der Waals surface area contributed by atoms with E-state index in [9.17, 15) is 14.7 Å². The Labute approximate surface area is 106 Å². The number of nitrogens with zero attached hydrogens (tertiary/aromatic N) is 1. The molecule has 1 rings (SSSR count). The Kier molecular flexibility index (Phi) is 4.44. The molecule has 0 heterocycles. The monoisotopic (exact) mass is 251 g/mol. The van der Waals surface area contributed by atoms with Crippen LogP contribution in [-0.2, 0) is 16.1 Å². The SMILES string of the molecule is CN(Cc1ccccc1)C(C)(CC(=O)O)C(=O)O. The summed E-state index contributed by atoms with van der Waals surface area (Å²) >= 11 is 0. The van der Waals surface area contributed by atoms with Crippen molar-refractivity contribution >= 4 is 11.9 Å². The zero-order valence-corrected chi connectivity index (χ0v) is 10.5. The second-order valence-corrected chi connectivity index (χ2v) is 4.49. The average molecular weight is 251 g/mol. The van der Waals surface area contributed by atoms with E-state index in [4.69, 9.17) is 5.11 Å². The van der Waals surface area contributed by atoms with Crippen molar-refractivity contribution in [3.8, 4) is 0 Å². The van der Waals surface area contributed by atoms with E-state index in [1.807, 2.05) is 30.3 Å². The van der Waals surface area contributed by atoms with Gasteiger partial charge in [0, 0.05) is 6.54 Å². The summed E-state index contributed by atoms with van der Waals surface area (Å²) in [6, 6.07) is 9.34. The molecule has 0 radical (unpaired) electrons. The fraction of sp³-hybridized carbons (Fsp3) is 0.385. The van der Waals surface area contributed by atoms with Crippen molar-refractivity contribution in [2.45, 2.75) is 25.4 Å². The number of rotatable bonds is 6. The van der Waals surface area contributed by atoms with Crippen LogP contribution in [0.2, 0.25) is 0 Å². The summed E-state index contributed by atoms with van der Waals surface area (Å²) in [5.41, 5.74) is -0.473. The molecule has 2 N–H and O–H groups in total. The van der Waals surface area contributed by atoms with Crippen LogP contribution in [0.4, 0.5) is 0 Å². The molecule has 1 atom stereocenters. The van der Waals surface area contributed by atoms with Crippen molar-refractivity contribution in [1.82, 2.24) is 4.90 Å². The van der Waals surface area contributed by atoms with Crippen LogP contribution >= 0.6 is 0 Å². The lowest BCUT2D eigenvalue weighted by Crippen LogP contribution is -2.51. The molecule has 0 bridgehead atoms. The molecule has 0 aliphatic heterocycles. The average Bonchev–Trinajstić information content (AvgIpc) is 2.29. The summed E-state index contributed by atoms with van der Waals surface area (Å²) in [7, 11) is 1.62. The first-order chi connectivity index (χ1) is 8.36. The van der Waals surface area contributed by atoms with Crippen LogP contribution in [0.3, 0.4) is 0 Å². The van der Waals surface area contributed by atoms with E-state index in [1.54, 1.807) is 11.9 Å². The first-order valence-electron chi connectivity index (χ1n) is 5.56. The van der Waals surface area contributed by atoms with E-state index < -0.39 is 23.9 Å². The molecule has 1 aromatic rings. The van der Waals surface area contributed by atoms with Gasteiger partial charge in [0.25, 0.3) is 0 Å². The molecule has 0 amide bonds. The third-order valence-corrected chi connectivity index (χ3v) is 3.06. The zero-order chi connectivity index (χ0) is 13.8. The van der Waals surface area contributed by atoms with Crippen molar-refractivity contribution in [3.05, 3.63) is 35.9 Å². The Morgan fingerprint density at radius 2 is 1.78 bits per heavy atom. The minimum absolute atomic E-state index is 0.386. The highest BCUT2D eigenvalue weighted by Crippen LogP contribution is 2.21. The van der Waals surface area contributed by atoms with Gasteiger partial charge < -0.3 is 10.2 Å². The third kappa shape index (κ3) is 3.30. The Hall–Kier alpha value is -1.88. The van der Waals surface area contributed by atoms with Crippen molar-refractivity contribution in [1.29, 1.82) is 0 Å². The molecule has 0 saturated heterocycles. The largest absolute Gasteiger partial charge is 0.481 e. The molecular formula is C13H17NO4. The van der Waals surface area contributed by atoms with Gasteiger partial charge in [-0.15, -0.1) is 0 Å². The summed E-state index contributed by atoms with van der Waals surface area (Å²) in [6.45, 7) is 1.81. The minimum atomic E-state index is -1.42. The molecule has 0 aliphatic rings. The normalized spacial score (nSPS) is 14.2. The molecule has 0 fully saturated rings. The zero-order valence-electron chi connectivity index (χ0n) is 10.5. The van der Waals surface area contributed by atoms with Gasteiger partial charge in [-0.2, -0.15) is 0 Å². The lowest BCUT2D eigenvalue weighted by Gasteiger charge is -2.33. The maximum Gasteiger partial charge on any atom is 0.324 e.